The Bertz CT molecular complexity index is 442. The molecule has 0 radical (unpaired) electrons. The number of aryl methyl sites for hydroxylation is 1. The summed E-state index contributed by atoms with van der Waals surface area (Å²) < 4.78 is 0. The maximum atomic E-state index is 9.41. The van der Waals surface area contributed by atoms with Crippen molar-refractivity contribution in [2.45, 2.75) is 6.92 Å². The van der Waals surface area contributed by atoms with Crippen LogP contribution < -0.4 is 5.73 Å². The van der Waals surface area contributed by atoms with Gasteiger partial charge in [-0.15, -0.1) is 0 Å². The Kier molecular flexibility index (Phi) is 1.89. The first-order valence-corrected chi connectivity index (χ1v) is 4.26. The van der Waals surface area contributed by atoms with Crippen LogP contribution in [0.2, 0.25) is 0 Å². The summed E-state index contributed by atoms with van der Waals surface area (Å²) in [5.74, 6) is 0.746. The normalized spacial score (nSPS) is 10.4. The summed E-state index contributed by atoms with van der Waals surface area (Å²) in [6, 6.07) is 5.30. The minimum Gasteiger partial charge on any atom is -0.508 e. The van der Waals surface area contributed by atoms with Gasteiger partial charge in [-0.25, -0.2) is 0 Å². The van der Waals surface area contributed by atoms with Crippen LogP contribution in [0.4, 0.5) is 5.82 Å². The zero-order valence-electron chi connectivity index (χ0n) is 7.78. The monoisotopic (exact) mass is 189 g/mol. The first-order valence-electron chi connectivity index (χ1n) is 4.26. The first kappa shape index (κ1) is 8.62. The van der Waals surface area contributed by atoms with Gasteiger partial charge in [0.05, 0.1) is 6.20 Å². The van der Waals surface area contributed by atoms with E-state index in [-0.39, 0.29) is 5.75 Å². The Morgan fingerprint density at radius 3 is 2.71 bits per heavy atom. The van der Waals surface area contributed by atoms with Crippen molar-refractivity contribution in [1.29, 1.82) is 0 Å². The minimum absolute atomic E-state index is 0.237. The van der Waals surface area contributed by atoms with E-state index >= 15 is 0 Å². The highest BCUT2D eigenvalue weighted by molar-refractivity contribution is 5.74. The lowest BCUT2D eigenvalue weighted by Gasteiger charge is -2.02. The second-order valence-electron chi connectivity index (χ2n) is 3.25. The molecule has 0 amide bonds. The molecule has 0 aliphatic rings. The maximum absolute atomic E-state index is 9.41. The van der Waals surface area contributed by atoms with E-state index in [1.165, 1.54) is 0 Å². The Labute approximate surface area is 81.4 Å². The Morgan fingerprint density at radius 1 is 1.36 bits per heavy atom. The second-order valence-corrected chi connectivity index (χ2v) is 3.25. The maximum Gasteiger partial charge on any atom is 0.126 e. The number of phenols is 1. The molecule has 2 aromatic rings. The van der Waals surface area contributed by atoms with Gasteiger partial charge in [0.25, 0.3) is 0 Å². The van der Waals surface area contributed by atoms with Crippen molar-refractivity contribution in [3.05, 3.63) is 30.0 Å². The summed E-state index contributed by atoms with van der Waals surface area (Å²) in [7, 11) is 0. The van der Waals surface area contributed by atoms with Gasteiger partial charge in [0.1, 0.15) is 11.6 Å². The van der Waals surface area contributed by atoms with Gasteiger partial charge in [-0.1, -0.05) is 6.07 Å². The van der Waals surface area contributed by atoms with Gasteiger partial charge in [0.15, 0.2) is 0 Å². The third-order valence-electron chi connectivity index (χ3n) is 2.04. The molecule has 0 spiro atoms. The van der Waals surface area contributed by atoms with Crippen molar-refractivity contribution in [2.75, 3.05) is 5.73 Å². The lowest BCUT2D eigenvalue weighted by Crippen LogP contribution is -1.87. The highest BCUT2D eigenvalue weighted by Gasteiger charge is 2.05. The summed E-state index contributed by atoms with van der Waals surface area (Å²) in [5, 5.41) is 15.9. The van der Waals surface area contributed by atoms with Crippen LogP contribution in [0.5, 0.6) is 5.75 Å². The summed E-state index contributed by atoms with van der Waals surface area (Å²) in [4.78, 5) is 0. The number of nitrogens with two attached hydrogens (primary N) is 1. The average Bonchev–Trinajstić information content (AvgIpc) is 2.49. The van der Waals surface area contributed by atoms with E-state index in [1.807, 2.05) is 13.0 Å². The zero-order chi connectivity index (χ0) is 10.1. The van der Waals surface area contributed by atoms with Crippen LogP contribution in [0.3, 0.4) is 0 Å². The molecule has 0 bridgehead atoms. The van der Waals surface area contributed by atoms with Gasteiger partial charge in [0, 0.05) is 5.56 Å². The smallest absolute Gasteiger partial charge is 0.126 e. The number of hydrogen-bond donors (Lipinski definition) is 3. The van der Waals surface area contributed by atoms with E-state index in [9.17, 15) is 5.11 Å². The summed E-state index contributed by atoms with van der Waals surface area (Å²) in [5.41, 5.74) is 8.34. The van der Waals surface area contributed by atoms with Crippen molar-refractivity contribution in [3.8, 4) is 16.9 Å². The minimum atomic E-state index is 0.237. The fourth-order valence-corrected chi connectivity index (χ4v) is 1.44. The molecule has 0 fully saturated rings. The summed E-state index contributed by atoms with van der Waals surface area (Å²) >= 11 is 0. The molecule has 1 aromatic carbocycles. The van der Waals surface area contributed by atoms with Crippen LogP contribution in [-0.4, -0.2) is 15.3 Å². The Balaban J connectivity index is 2.57. The van der Waals surface area contributed by atoms with Crippen molar-refractivity contribution in [2.24, 2.45) is 0 Å². The zero-order valence-corrected chi connectivity index (χ0v) is 7.78. The Hall–Kier alpha value is -1.97. The largest absolute Gasteiger partial charge is 0.508 e. The van der Waals surface area contributed by atoms with Crippen LogP contribution in [0, 0.1) is 6.92 Å². The molecule has 1 heterocycles. The molecule has 0 saturated carbocycles. The van der Waals surface area contributed by atoms with E-state index in [0.29, 0.717) is 5.82 Å². The molecule has 0 aliphatic carbocycles. The fraction of sp³-hybridized carbons (Fsp3) is 0.100. The van der Waals surface area contributed by atoms with Gasteiger partial charge < -0.3 is 10.8 Å². The lowest BCUT2D eigenvalue weighted by molar-refractivity contribution is 0.475. The number of nitrogens with zero attached hydrogens (tertiary/aromatic N) is 1. The number of nitrogen functional groups attached to an aromatic ring is 1. The van der Waals surface area contributed by atoms with Crippen LogP contribution in [0.25, 0.3) is 11.1 Å². The number of phenolic OH excluding ortho intramolecular Hbond substituents is 1. The standard InChI is InChI=1S/C10H11N3O/c1-6-2-7(4-8(14)3-6)9-5-12-13-10(9)11/h2-5,14H,1H3,(H3,11,12,13). The van der Waals surface area contributed by atoms with E-state index < -0.39 is 0 Å². The third-order valence-corrected chi connectivity index (χ3v) is 2.04. The van der Waals surface area contributed by atoms with Crippen LogP contribution >= 0.6 is 0 Å². The van der Waals surface area contributed by atoms with Crippen molar-refractivity contribution >= 4 is 5.82 Å². The quantitative estimate of drug-likeness (QED) is 0.638. The van der Waals surface area contributed by atoms with Gasteiger partial charge in [0.2, 0.25) is 0 Å². The van der Waals surface area contributed by atoms with Crippen molar-refractivity contribution < 1.29 is 5.11 Å². The highest BCUT2D eigenvalue weighted by atomic mass is 16.3. The molecule has 0 aliphatic heterocycles. The van der Waals surface area contributed by atoms with Crippen LogP contribution in [-0.2, 0) is 0 Å². The number of H-pyrrole nitrogens is 1. The molecule has 0 unspecified atom stereocenters. The molecule has 72 valence electrons. The van der Waals surface area contributed by atoms with Gasteiger partial charge in [-0.3, -0.25) is 5.10 Å². The number of benzene rings is 1. The number of aromatic nitrogens is 2. The van der Waals surface area contributed by atoms with Gasteiger partial charge in [-0.05, 0) is 30.2 Å². The van der Waals surface area contributed by atoms with E-state index in [1.54, 1.807) is 18.3 Å². The number of aromatic amines is 1. The molecule has 1 aromatic heterocycles. The summed E-state index contributed by atoms with van der Waals surface area (Å²) in [6.07, 6.45) is 1.64. The number of anilines is 1. The summed E-state index contributed by atoms with van der Waals surface area (Å²) in [6.45, 7) is 1.92. The Morgan fingerprint density at radius 2 is 2.14 bits per heavy atom. The van der Waals surface area contributed by atoms with Crippen LogP contribution in [0.15, 0.2) is 24.4 Å². The SMILES string of the molecule is Cc1cc(O)cc(-c2cn[nH]c2N)c1. The molecule has 2 rings (SSSR count). The van der Waals surface area contributed by atoms with Gasteiger partial charge >= 0.3 is 0 Å². The molecule has 4 heteroatoms. The predicted octanol–water partition coefficient (Wildman–Crippen LogP) is 1.67. The molecular formula is C10H11N3O. The van der Waals surface area contributed by atoms with E-state index in [2.05, 4.69) is 10.2 Å². The average molecular weight is 189 g/mol. The van der Waals surface area contributed by atoms with E-state index in [4.69, 9.17) is 5.73 Å². The topological polar surface area (TPSA) is 74.9 Å². The van der Waals surface area contributed by atoms with Crippen molar-refractivity contribution in [1.82, 2.24) is 10.2 Å². The number of hydrogen-bond acceptors (Lipinski definition) is 3. The molecule has 14 heavy (non-hydrogen) atoms. The molecule has 4 nitrogen and oxygen atoms in total. The van der Waals surface area contributed by atoms with Crippen LogP contribution in [0.1, 0.15) is 5.56 Å². The number of rotatable bonds is 1. The van der Waals surface area contributed by atoms with E-state index in [0.717, 1.165) is 16.7 Å². The molecule has 4 N–H and O–H groups in total. The third kappa shape index (κ3) is 1.42. The molecule has 0 atom stereocenters. The fourth-order valence-electron chi connectivity index (χ4n) is 1.44. The molecule has 0 saturated heterocycles. The van der Waals surface area contributed by atoms with Gasteiger partial charge in [-0.2, -0.15) is 5.10 Å². The second kappa shape index (κ2) is 3.06. The van der Waals surface area contributed by atoms with Crippen molar-refractivity contribution in [3.63, 3.8) is 0 Å². The number of aromatic hydroxyl groups is 1. The lowest BCUT2D eigenvalue weighted by atomic mass is 10.1. The highest BCUT2D eigenvalue weighted by Crippen LogP contribution is 2.27. The number of nitrogens with one attached hydrogen (secondary N) is 1. The predicted molar refractivity (Wildman–Crippen MR) is 54.8 cm³/mol. The first-order chi connectivity index (χ1) is 6.66. The molecular weight excluding hydrogens is 178 g/mol.